The van der Waals surface area contributed by atoms with E-state index in [4.69, 9.17) is 16.3 Å². The van der Waals surface area contributed by atoms with E-state index in [1.807, 2.05) is 54.1 Å². The second kappa shape index (κ2) is 8.37. The Morgan fingerprint density at radius 3 is 2.73 bits per heavy atom. The molecule has 0 aliphatic rings. The van der Waals surface area contributed by atoms with Crippen molar-refractivity contribution in [3.63, 3.8) is 0 Å². The topological polar surface area (TPSA) is 93.9 Å². The number of methoxy groups -OCH3 is 1. The van der Waals surface area contributed by atoms with Crippen molar-refractivity contribution in [2.45, 2.75) is 13.3 Å². The first-order valence-electron chi connectivity index (χ1n) is 10.1. The van der Waals surface area contributed by atoms with E-state index >= 15 is 0 Å². The maximum absolute atomic E-state index is 9.64. The first-order chi connectivity index (χ1) is 16.1. The second-order valence-corrected chi connectivity index (χ2v) is 7.86. The minimum Gasteiger partial charge on any atom is -0.495 e. The van der Waals surface area contributed by atoms with Crippen LogP contribution in [0.2, 0.25) is 5.02 Å². The summed E-state index contributed by atoms with van der Waals surface area (Å²) in [6, 6.07) is 15.4. The highest BCUT2D eigenvalue weighted by atomic mass is 35.5. The number of hydrogen-bond acceptors (Lipinski definition) is 6. The number of fused-ring (bicyclic) bond motifs is 1. The number of benzene rings is 2. The Morgan fingerprint density at radius 2 is 2.00 bits per heavy atom. The number of aryl methyl sites for hydroxylation is 1. The van der Waals surface area contributed by atoms with Gasteiger partial charge in [-0.05, 0) is 30.7 Å². The molecule has 2 aromatic carbocycles. The van der Waals surface area contributed by atoms with E-state index in [1.54, 1.807) is 24.0 Å². The van der Waals surface area contributed by atoms with Gasteiger partial charge in [0.1, 0.15) is 11.8 Å². The van der Waals surface area contributed by atoms with E-state index in [9.17, 15) is 5.26 Å². The summed E-state index contributed by atoms with van der Waals surface area (Å²) in [6.07, 6.45) is 5.66. The van der Waals surface area contributed by atoms with Crippen LogP contribution in [0.1, 0.15) is 22.6 Å². The Morgan fingerprint density at radius 1 is 1.15 bits per heavy atom. The third-order valence-electron chi connectivity index (χ3n) is 5.26. The lowest BCUT2D eigenvalue weighted by molar-refractivity contribution is 0.412. The SMILES string of the molecule is COc1cc(Cc2nc3ncc(C#N)c(-c4ccccc4Cl)n3n2)ccc1-n1cnc(C)c1. The van der Waals surface area contributed by atoms with Crippen LogP contribution in [0.25, 0.3) is 22.7 Å². The fraction of sp³-hybridized carbons (Fsp3) is 0.125. The molecule has 0 radical (unpaired) electrons. The standard InChI is InChI=1S/C24H18ClN7O/c1-15-13-31(14-28-15)20-8-7-16(9-21(20)33-2)10-22-29-24-27-12-17(11-26)23(32(24)30-22)18-5-3-4-6-19(18)25/h3-9,12-14H,10H2,1-2H3. The lowest BCUT2D eigenvalue weighted by Crippen LogP contribution is -2.01. The average Bonchev–Trinajstić information content (AvgIpc) is 3.44. The molecule has 0 bridgehead atoms. The Bertz CT molecular complexity index is 1530. The molecule has 0 aliphatic heterocycles. The predicted octanol–water partition coefficient (Wildman–Crippen LogP) is 4.41. The number of ether oxygens (including phenoxy) is 1. The molecule has 3 heterocycles. The minimum atomic E-state index is 0.369. The van der Waals surface area contributed by atoms with Gasteiger partial charge in [0, 0.05) is 18.2 Å². The summed E-state index contributed by atoms with van der Waals surface area (Å²) in [6.45, 7) is 1.94. The van der Waals surface area contributed by atoms with Crippen molar-refractivity contribution in [3.8, 4) is 28.8 Å². The van der Waals surface area contributed by atoms with Gasteiger partial charge in [0.2, 0.25) is 0 Å². The molecule has 5 aromatic rings. The zero-order valence-electron chi connectivity index (χ0n) is 17.9. The number of aromatic nitrogens is 6. The monoisotopic (exact) mass is 455 g/mol. The van der Waals surface area contributed by atoms with Crippen molar-refractivity contribution in [2.24, 2.45) is 0 Å². The quantitative estimate of drug-likeness (QED) is 0.389. The van der Waals surface area contributed by atoms with Crippen LogP contribution in [-0.2, 0) is 6.42 Å². The lowest BCUT2D eigenvalue weighted by Gasteiger charge is -2.10. The van der Waals surface area contributed by atoms with Crippen molar-refractivity contribution in [1.82, 2.24) is 29.1 Å². The molecular formula is C24H18ClN7O. The first kappa shape index (κ1) is 20.7. The molecule has 0 atom stereocenters. The first-order valence-corrected chi connectivity index (χ1v) is 10.5. The fourth-order valence-corrected chi connectivity index (χ4v) is 3.95. The summed E-state index contributed by atoms with van der Waals surface area (Å²) < 4.78 is 9.11. The molecule has 9 heteroatoms. The van der Waals surface area contributed by atoms with Crippen molar-refractivity contribution < 1.29 is 4.74 Å². The van der Waals surface area contributed by atoms with Gasteiger partial charge in [-0.2, -0.15) is 14.8 Å². The number of halogens is 1. The maximum Gasteiger partial charge on any atom is 0.253 e. The lowest BCUT2D eigenvalue weighted by atomic mass is 10.1. The van der Waals surface area contributed by atoms with Crippen LogP contribution in [-0.4, -0.2) is 36.2 Å². The van der Waals surface area contributed by atoms with E-state index in [0.717, 1.165) is 22.7 Å². The number of hydrogen-bond donors (Lipinski definition) is 0. The minimum absolute atomic E-state index is 0.369. The van der Waals surface area contributed by atoms with Gasteiger partial charge in [-0.25, -0.2) is 9.97 Å². The smallest absolute Gasteiger partial charge is 0.253 e. The Kier molecular flexibility index (Phi) is 5.24. The third-order valence-corrected chi connectivity index (χ3v) is 5.59. The average molecular weight is 456 g/mol. The molecule has 33 heavy (non-hydrogen) atoms. The third kappa shape index (κ3) is 3.79. The second-order valence-electron chi connectivity index (χ2n) is 7.46. The van der Waals surface area contributed by atoms with Gasteiger partial charge < -0.3 is 9.30 Å². The van der Waals surface area contributed by atoms with Crippen LogP contribution >= 0.6 is 11.6 Å². The highest BCUT2D eigenvalue weighted by Gasteiger charge is 2.17. The summed E-state index contributed by atoms with van der Waals surface area (Å²) in [5.74, 6) is 1.69. The van der Waals surface area contributed by atoms with E-state index < -0.39 is 0 Å². The highest BCUT2D eigenvalue weighted by Crippen LogP contribution is 2.30. The van der Waals surface area contributed by atoms with Crippen LogP contribution in [0.4, 0.5) is 0 Å². The van der Waals surface area contributed by atoms with E-state index in [-0.39, 0.29) is 0 Å². The van der Waals surface area contributed by atoms with Crippen molar-refractivity contribution in [3.05, 3.63) is 88.9 Å². The fourth-order valence-electron chi connectivity index (χ4n) is 3.73. The molecule has 162 valence electrons. The van der Waals surface area contributed by atoms with Crippen LogP contribution in [0.15, 0.2) is 61.2 Å². The highest BCUT2D eigenvalue weighted by molar-refractivity contribution is 6.33. The molecular weight excluding hydrogens is 438 g/mol. The summed E-state index contributed by atoms with van der Waals surface area (Å²) in [5.41, 5.74) is 4.42. The van der Waals surface area contributed by atoms with Crippen LogP contribution < -0.4 is 4.74 Å². The number of nitriles is 1. The predicted molar refractivity (Wildman–Crippen MR) is 124 cm³/mol. The molecule has 0 unspecified atom stereocenters. The number of nitrogens with zero attached hydrogens (tertiary/aromatic N) is 7. The molecule has 0 saturated heterocycles. The van der Waals surface area contributed by atoms with E-state index in [1.165, 1.54) is 6.20 Å². The zero-order valence-corrected chi connectivity index (χ0v) is 18.7. The summed E-state index contributed by atoms with van der Waals surface area (Å²) in [5, 5.41) is 14.8. The van der Waals surface area contributed by atoms with Gasteiger partial charge in [-0.1, -0.05) is 35.9 Å². The maximum atomic E-state index is 9.64. The summed E-state index contributed by atoms with van der Waals surface area (Å²) in [7, 11) is 1.64. The van der Waals surface area contributed by atoms with E-state index in [0.29, 0.717) is 39.9 Å². The number of rotatable bonds is 5. The Balaban J connectivity index is 1.55. The van der Waals surface area contributed by atoms with Gasteiger partial charge in [0.25, 0.3) is 5.78 Å². The van der Waals surface area contributed by atoms with Crippen molar-refractivity contribution in [1.29, 1.82) is 5.26 Å². The molecule has 5 rings (SSSR count). The zero-order chi connectivity index (χ0) is 22.9. The summed E-state index contributed by atoms with van der Waals surface area (Å²) >= 11 is 6.41. The Labute approximate surface area is 194 Å². The van der Waals surface area contributed by atoms with Crippen molar-refractivity contribution in [2.75, 3.05) is 7.11 Å². The molecule has 0 saturated carbocycles. The largest absolute Gasteiger partial charge is 0.495 e. The van der Waals surface area contributed by atoms with Gasteiger partial charge >= 0.3 is 0 Å². The van der Waals surface area contributed by atoms with Crippen LogP contribution in [0.3, 0.4) is 0 Å². The van der Waals surface area contributed by atoms with Gasteiger partial charge in [-0.3, -0.25) is 0 Å². The van der Waals surface area contributed by atoms with Crippen LogP contribution in [0, 0.1) is 18.3 Å². The number of imidazole rings is 1. The molecule has 0 amide bonds. The normalized spacial score (nSPS) is 11.0. The molecule has 0 spiro atoms. The van der Waals surface area contributed by atoms with Crippen molar-refractivity contribution >= 4 is 17.4 Å². The summed E-state index contributed by atoms with van der Waals surface area (Å²) in [4.78, 5) is 13.2. The van der Waals surface area contributed by atoms with Gasteiger partial charge in [0.05, 0.1) is 47.3 Å². The Hall–Kier alpha value is -4.22. The molecule has 0 fully saturated rings. The van der Waals surface area contributed by atoms with Crippen LogP contribution in [0.5, 0.6) is 5.75 Å². The van der Waals surface area contributed by atoms with Gasteiger partial charge in [-0.15, -0.1) is 5.10 Å². The van der Waals surface area contributed by atoms with E-state index in [2.05, 4.69) is 26.1 Å². The molecule has 0 N–H and O–H groups in total. The molecule has 8 nitrogen and oxygen atoms in total. The molecule has 3 aromatic heterocycles. The molecule has 0 aliphatic carbocycles. The van der Waals surface area contributed by atoms with Gasteiger partial charge in [0.15, 0.2) is 5.82 Å².